The highest BCUT2D eigenvalue weighted by atomic mass is 32.2. The van der Waals surface area contributed by atoms with Crippen molar-refractivity contribution in [1.82, 2.24) is 0 Å². The molecule has 71 heavy (non-hydrogen) atoms. The largest absolute Gasteiger partial charge is 0.465 e. The van der Waals surface area contributed by atoms with Crippen LogP contribution in [0.4, 0.5) is 0 Å². The molecule has 0 bridgehead atoms. The Hall–Kier alpha value is -8.83. The zero-order valence-corrected chi connectivity index (χ0v) is 36.4. The SMILES string of the molecule is C.C.C.C.C=CC(=O)OCOc1ccc(-c2ccc(C(=O)Oc3ccc(C(=O)OC)cc3S(=O)(=O)c3cc(C(=O)OC)ccc3OC(=O)c3ccc(-c4ccc(OCOC(=O)C=C)cc4)cc3)cc2)cc1. The number of esters is 6. The van der Waals surface area contributed by atoms with Crippen LogP contribution in [-0.2, 0) is 38.4 Å². The number of hydrogen-bond donors (Lipinski definition) is 0. The minimum atomic E-state index is -4.95. The van der Waals surface area contributed by atoms with Gasteiger partial charge < -0.3 is 37.9 Å². The van der Waals surface area contributed by atoms with E-state index < -0.39 is 66.9 Å². The highest BCUT2D eigenvalue weighted by molar-refractivity contribution is 7.91. The van der Waals surface area contributed by atoms with Crippen LogP contribution in [0.3, 0.4) is 0 Å². The third-order valence-electron chi connectivity index (χ3n) is 9.52. The van der Waals surface area contributed by atoms with Crippen molar-refractivity contribution in [1.29, 1.82) is 0 Å². The van der Waals surface area contributed by atoms with E-state index in [1.165, 1.54) is 36.4 Å². The van der Waals surface area contributed by atoms with Crippen molar-refractivity contribution in [3.8, 4) is 45.3 Å². The monoisotopic (exact) mass is 990 g/mol. The van der Waals surface area contributed by atoms with E-state index in [0.717, 1.165) is 61.8 Å². The summed E-state index contributed by atoms with van der Waals surface area (Å²) in [4.78, 5) is 73.6. The van der Waals surface area contributed by atoms with Gasteiger partial charge in [0.25, 0.3) is 0 Å². The third-order valence-corrected chi connectivity index (χ3v) is 11.3. The Labute approximate surface area is 412 Å². The number of ether oxygens (including phenoxy) is 8. The molecule has 0 saturated carbocycles. The standard InChI is InChI=1S/C50H38O16S.4CH4/c1-5-45(51)63-29-61-39-21-15-33(16-22-39)31-7-11-35(12-8-31)49(55)65-41-25-19-37(47(53)59-3)27-43(41)67(57,58)44-28-38(48(54)60-4)20-26-42(44)66-50(56)36-13-9-32(10-14-36)34-17-23-40(24-18-34)62-30-64-46(52)6-2;;;;/h5-28H,1-2,29-30H2,3-4H3;4*1H4. The van der Waals surface area contributed by atoms with Gasteiger partial charge in [0.05, 0.1) is 36.5 Å². The molecule has 372 valence electrons. The summed E-state index contributed by atoms with van der Waals surface area (Å²) in [7, 11) is -2.78. The Balaban J connectivity index is 0.00000432. The molecule has 0 atom stereocenters. The van der Waals surface area contributed by atoms with Gasteiger partial charge in [0.2, 0.25) is 23.4 Å². The number of carbonyl (C=O) groups is 6. The van der Waals surface area contributed by atoms with Crippen molar-refractivity contribution < 1.29 is 75.1 Å². The molecule has 0 aliphatic heterocycles. The molecule has 6 rings (SSSR count). The van der Waals surface area contributed by atoms with Gasteiger partial charge in [0.15, 0.2) is 0 Å². The lowest BCUT2D eigenvalue weighted by Crippen LogP contribution is -2.16. The zero-order valence-electron chi connectivity index (χ0n) is 35.6. The summed E-state index contributed by atoms with van der Waals surface area (Å²) in [5.41, 5.74) is 2.44. The average Bonchev–Trinajstić information content (AvgIpc) is 3.36. The van der Waals surface area contributed by atoms with E-state index in [1.807, 2.05) is 0 Å². The van der Waals surface area contributed by atoms with E-state index in [0.29, 0.717) is 22.6 Å². The summed E-state index contributed by atoms with van der Waals surface area (Å²) in [6.45, 7) is 6.02. The Kier molecular flexibility index (Phi) is 21.9. The molecule has 0 saturated heterocycles. The summed E-state index contributed by atoms with van der Waals surface area (Å²) in [5, 5.41) is 0. The minimum absolute atomic E-state index is 0. The van der Waals surface area contributed by atoms with Crippen LogP contribution >= 0.6 is 0 Å². The molecule has 17 heteroatoms. The highest BCUT2D eigenvalue weighted by Gasteiger charge is 2.31. The number of benzene rings is 6. The molecule has 0 spiro atoms. The Morgan fingerprint density at radius 2 is 0.732 bits per heavy atom. The number of methoxy groups -OCH3 is 2. The van der Waals surface area contributed by atoms with Gasteiger partial charge >= 0.3 is 35.8 Å². The van der Waals surface area contributed by atoms with Gasteiger partial charge in [-0.2, -0.15) is 0 Å². The maximum absolute atomic E-state index is 14.7. The van der Waals surface area contributed by atoms with E-state index in [1.54, 1.807) is 72.8 Å². The van der Waals surface area contributed by atoms with E-state index in [-0.39, 0.29) is 65.5 Å². The molecule has 0 amide bonds. The maximum Gasteiger partial charge on any atom is 0.343 e. The van der Waals surface area contributed by atoms with Gasteiger partial charge in [-0.05, 0) is 107 Å². The van der Waals surface area contributed by atoms with E-state index in [4.69, 9.17) is 37.9 Å². The molecule has 0 aromatic heterocycles. The molecule has 6 aromatic carbocycles. The number of rotatable bonds is 18. The fourth-order valence-electron chi connectivity index (χ4n) is 6.04. The molecular weight excluding hydrogens is 937 g/mol. The van der Waals surface area contributed by atoms with Crippen LogP contribution in [0.15, 0.2) is 169 Å². The molecule has 0 fully saturated rings. The lowest BCUT2D eigenvalue weighted by molar-refractivity contribution is -0.145. The van der Waals surface area contributed by atoms with Crippen molar-refractivity contribution >= 4 is 45.7 Å². The fourth-order valence-corrected chi connectivity index (χ4v) is 7.59. The van der Waals surface area contributed by atoms with Gasteiger partial charge in [-0.1, -0.05) is 91.4 Å². The first-order valence-electron chi connectivity index (χ1n) is 19.6. The summed E-state index contributed by atoms with van der Waals surface area (Å²) in [6.07, 6.45) is 2.03. The van der Waals surface area contributed by atoms with Gasteiger partial charge in [-0.3, -0.25) is 0 Å². The van der Waals surface area contributed by atoms with Crippen LogP contribution in [0, 0.1) is 0 Å². The smallest absolute Gasteiger partial charge is 0.343 e. The maximum atomic E-state index is 14.7. The Bertz CT molecular complexity index is 2760. The summed E-state index contributed by atoms with van der Waals surface area (Å²) in [5.74, 6) is -5.22. The first kappa shape index (κ1) is 58.3. The third kappa shape index (κ3) is 14.6. The molecule has 0 aliphatic rings. The average molecular weight is 991 g/mol. The van der Waals surface area contributed by atoms with E-state index in [9.17, 15) is 37.2 Å². The predicted molar refractivity (Wildman–Crippen MR) is 265 cm³/mol. The van der Waals surface area contributed by atoms with E-state index >= 15 is 0 Å². The minimum Gasteiger partial charge on any atom is -0.465 e. The summed E-state index contributed by atoms with van der Waals surface area (Å²) in [6, 6.07) is 32.3. The Morgan fingerprint density at radius 1 is 0.437 bits per heavy atom. The van der Waals surface area contributed by atoms with Crippen molar-refractivity contribution in [2.75, 3.05) is 27.8 Å². The summed E-state index contributed by atoms with van der Waals surface area (Å²) >= 11 is 0. The number of carbonyl (C=O) groups excluding carboxylic acids is 6. The lowest BCUT2D eigenvalue weighted by atomic mass is 10.0. The first-order valence-corrected chi connectivity index (χ1v) is 21.1. The zero-order chi connectivity index (χ0) is 48.1. The molecule has 0 unspecified atom stereocenters. The molecule has 6 aromatic rings. The van der Waals surface area contributed by atoms with Gasteiger partial charge in [0, 0.05) is 12.2 Å². The predicted octanol–water partition coefficient (Wildman–Crippen LogP) is 10.5. The molecule has 16 nitrogen and oxygen atoms in total. The molecule has 0 N–H and O–H groups in total. The van der Waals surface area contributed by atoms with Gasteiger partial charge in [-0.25, -0.2) is 37.2 Å². The van der Waals surface area contributed by atoms with Crippen LogP contribution in [0.2, 0.25) is 0 Å². The lowest BCUT2D eigenvalue weighted by Gasteiger charge is -2.16. The highest BCUT2D eigenvalue weighted by Crippen LogP contribution is 2.37. The molecule has 0 radical (unpaired) electrons. The topological polar surface area (TPSA) is 210 Å². The van der Waals surface area contributed by atoms with Crippen molar-refractivity contribution in [2.24, 2.45) is 0 Å². The van der Waals surface area contributed by atoms with Crippen LogP contribution in [0.1, 0.15) is 71.1 Å². The van der Waals surface area contributed by atoms with Crippen molar-refractivity contribution in [2.45, 2.75) is 39.5 Å². The molecular formula is C54H54O16S. The normalized spacial score (nSPS) is 10.1. The second-order valence-corrected chi connectivity index (χ2v) is 15.5. The fraction of sp³-hybridized carbons (Fsp3) is 0.148. The van der Waals surface area contributed by atoms with Crippen LogP contribution in [0.5, 0.6) is 23.0 Å². The van der Waals surface area contributed by atoms with Crippen LogP contribution in [0.25, 0.3) is 22.3 Å². The van der Waals surface area contributed by atoms with Crippen molar-refractivity contribution in [3.05, 3.63) is 181 Å². The molecule has 0 aliphatic carbocycles. The number of sulfone groups is 1. The number of hydrogen-bond acceptors (Lipinski definition) is 16. The van der Waals surface area contributed by atoms with Gasteiger partial charge in [-0.15, -0.1) is 0 Å². The summed E-state index contributed by atoms with van der Waals surface area (Å²) < 4.78 is 70.8. The Morgan fingerprint density at radius 3 is 1.03 bits per heavy atom. The second-order valence-electron chi connectivity index (χ2n) is 13.7. The quantitative estimate of drug-likeness (QED) is 0.0258. The van der Waals surface area contributed by atoms with Crippen LogP contribution in [-0.4, -0.2) is 72.0 Å². The first-order chi connectivity index (χ1) is 32.2. The molecule has 0 heterocycles. The van der Waals surface area contributed by atoms with Crippen LogP contribution < -0.4 is 18.9 Å². The second kappa shape index (κ2) is 26.6. The van der Waals surface area contributed by atoms with E-state index in [2.05, 4.69) is 13.2 Å². The van der Waals surface area contributed by atoms with Crippen molar-refractivity contribution in [3.63, 3.8) is 0 Å². The van der Waals surface area contributed by atoms with Gasteiger partial charge in [0.1, 0.15) is 32.8 Å².